The van der Waals surface area contributed by atoms with E-state index >= 15 is 0 Å². The van der Waals surface area contributed by atoms with Crippen LogP contribution in [-0.2, 0) is 21.2 Å². The number of hydrogen-bond donors (Lipinski definition) is 1. The molecule has 6 nitrogen and oxygen atoms in total. The van der Waals surface area contributed by atoms with E-state index in [1.807, 2.05) is 24.3 Å². The van der Waals surface area contributed by atoms with Crippen LogP contribution in [0.1, 0.15) is 22.8 Å². The van der Waals surface area contributed by atoms with E-state index in [-0.39, 0.29) is 28.6 Å². The van der Waals surface area contributed by atoms with E-state index in [4.69, 9.17) is 16.3 Å². The fraction of sp³-hybridized carbons (Fsp3) is 0.316. The van der Waals surface area contributed by atoms with Crippen LogP contribution in [0, 0.1) is 0 Å². The molecule has 0 bridgehead atoms. The number of nitrogens with zero attached hydrogens (tertiary/aromatic N) is 1. The molecular formula is C19H21ClN2O4S. The number of aryl methyl sites for hydroxylation is 1. The Morgan fingerprint density at radius 1 is 1.15 bits per heavy atom. The van der Waals surface area contributed by atoms with Gasteiger partial charge in [-0.1, -0.05) is 30.7 Å². The first-order valence-corrected chi connectivity index (χ1v) is 10.5. The van der Waals surface area contributed by atoms with Crippen molar-refractivity contribution < 1.29 is 17.9 Å². The van der Waals surface area contributed by atoms with Gasteiger partial charge < -0.3 is 10.1 Å². The van der Waals surface area contributed by atoms with Gasteiger partial charge >= 0.3 is 0 Å². The summed E-state index contributed by atoms with van der Waals surface area (Å²) in [6.45, 7) is 3.25. The number of hydrogen-bond acceptors (Lipinski definition) is 4. The van der Waals surface area contributed by atoms with Gasteiger partial charge in [-0.2, -0.15) is 4.31 Å². The minimum absolute atomic E-state index is 0.0694. The van der Waals surface area contributed by atoms with Gasteiger partial charge in [0.15, 0.2) is 0 Å². The fourth-order valence-corrected chi connectivity index (χ4v) is 4.70. The molecule has 0 aliphatic carbocycles. The van der Waals surface area contributed by atoms with E-state index in [9.17, 15) is 13.2 Å². The van der Waals surface area contributed by atoms with Crippen molar-refractivity contribution in [1.82, 2.24) is 4.31 Å². The number of ether oxygens (including phenoxy) is 1. The lowest BCUT2D eigenvalue weighted by Gasteiger charge is -2.26. The van der Waals surface area contributed by atoms with Gasteiger partial charge in [0.1, 0.15) is 4.90 Å². The summed E-state index contributed by atoms with van der Waals surface area (Å²) in [5.74, 6) is -0.394. The van der Waals surface area contributed by atoms with Crippen LogP contribution in [0.15, 0.2) is 47.4 Å². The van der Waals surface area contributed by atoms with Gasteiger partial charge in [-0.3, -0.25) is 4.79 Å². The summed E-state index contributed by atoms with van der Waals surface area (Å²) in [4.78, 5) is 12.5. The van der Waals surface area contributed by atoms with Crippen LogP contribution in [0.4, 0.5) is 5.69 Å². The molecule has 0 unspecified atom stereocenters. The number of rotatable bonds is 5. The summed E-state index contributed by atoms with van der Waals surface area (Å²) in [5.41, 5.74) is 2.04. The largest absolute Gasteiger partial charge is 0.379 e. The second-order valence-electron chi connectivity index (χ2n) is 6.17. The Hall–Kier alpha value is -1.93. The van der Waals surface area contributed by atoms with E-state index in [0.717, 1.165) is 6.42 Å². The Labute approximate surface area is 164 Å². The van der Waals surface area contributed by atoms with Gasteiger partial charge in [-0.25, -0.2) is 8.42 Å². The predicted octanol–water partition coefficient (Wildman–Crippen LogP) is 3.18. The van der Waals surface area contributed by atoms with Gasteiger partial charge in [0.25, 0.3) is 5.91 Å². The number of anilines is 1. The molecule has 0 saturated carbocycles. The predicted molar refractivity (Wildman–Crippen MR) is 105 cm³/mol. The average molecular weight is 409 g/mol. The standard InChI is InChI=1S/C19H21ClN2O4S/c1-2-14-3-6-16(7-4-14)21-19(23)15-5-8-17(20)18(13-15)27(24,25)22-9-11-26-12-10-22/h3-8,13H,2,9-12H2,1H3,(H,21,23). The first kappa shape index (κ1) is 19.8. The Morgan fingerprint density at radius 3 is 2.44 bits per heavy atom. The van der Waals surface area contributed by atoms with Gasteiger partial charge in [0.2, 0.25) is 10.0 Å². The number of amides is 1. The van der Waals surface area contributed by atoms with Crippen LogP contribution in [-0.4, -0.2) is 44.9 Å². The summed E-state index contributed by atoms with van der Waals surface area (Å²) in [6, 6.07) is 11.8. The Bertz CT molecular complexity index is 923. The number of nitrogens with one attached hydrogen (secondary N) is 1. The normalized spacial score (nSPS) is 15.5. The third-order valence-corrected chi connectivity index (χ3v) is 6.78. The maximum atomic E-state index is 12.9. The molecule has 8 heteroatoms. The number of carbonyl (C=O) groups is 1. The molecule has 1 heterocycles. The van der Waals surface area contributed by atoms with Gasteiger partial charge in [0, 0.05) is 24.3 Å². The molecule has 1 aliphatic rings. The summed E-state index contributed by atoms with van der Waals surface area (Å²) in [5, 5.41) is 2.87. The lowest BCUT2D eigenvalue weighted by atomic mass is 10.1. The van der Waals surface area contributed by atoms with Crippen molar-refractivity contribution in [3.05, 3.63) is 58.6 Å². The molecular weight excluding hydrogens is 388 g/mol. The first-order valence-electron chi connectivity index (χ1n) is 8.69. The van der Waals surface area contributed by atoms with Crippen LogP contribution >= 0.6 is 11.6 Å². The highest BCUT2D eigenvalue weighted by molar-refractivity contribution is 7.89. The molecule has 0 radical (unpaired) electrons. The molecule has 0 spiro atoms. The molecule has 3 rings (SSSR count). The van der Waals surface area contributed by atoms with Crippen LogP contribution in [0.3, 0.4) is 0 Å². The van der Waals surface area contributed by atoms with Gasteiger partial charge in [-0.05, 0) is 42.3 Å². The maximum absolute atomic E-state index is 12.9. The highest BCUT2D eigenvalue weighted by atomic mass is 35.5. The molecule has 1 N–H and O–H groups in total. The van der Waals surface area contributed by atoms with Gasteiger partial charge in [0.05, 0.1) is 18.2 Å². The molecule has 1 amide bonds. The smallest absolute Gasteiger partial charge is 0.255 e. The van der Waals surface area contributed by atoms with E-state index in [2.05, 4.69) is 12.2 Å². The number of benzene rings is 2. The third-order valence-electron chi connectivity index (χ3n) is 4.40. The van der Waals surface area contributed by atoms with Crippen LogP contribution in [0.5, 0.6) is 0 Å². The first-order chi connectivity index (χ1) is 12.9. The Kier molecular flexibility index (Phi) is 6.16. The molecule has 1 saturated heterocycles. The molecule has 144 valence electrons. The fourth-order valence-electron chi connectivity index (χ4n) is 2.80. The molecule has 0 atom stereocenters. The van der Waals surface area contributed by atoms with Crippen molar-refractivity contribution in [2.45, 2.75) is 18.2 Å². The highest BCUT2D eigenvalue weighted by Crippen LogP contribution is 2.27. The zero-order valence-electron chi connectivity index (χ0n) is 14.9. The summed E-state index contributed by atoms with van der Waals surface area (Å²) < 4.78 is 32.3. The van der Waals surface area contributed by atoms with Crippen molar-refractivity contribution in [3.63, 3.8) is 0 Å². The molecule has 0 aromatic heterocycles. The topological polar surface area (TPSA) is 75.7 Å². The molecule has 27 heavy (non-hydrogen) atoms. The number of morpholine rings is 1. The second kappa shape index (κ2) is 8.39. The van der Waals surface area contributed by atoms with E-state index < -0.39 is 15.9 Å². The highest BCUT2D eigenvalue weighted by Gasteiger charge is 2.29. The lowest BCUT2D eigenvalue weighted by molar-refractivity contribution is 0.0730. The molecule has 2 aromatic carbocycles. The van der Waals surface area contributed by atoms with Crippen molar-refractivity contribution >= 4 is 33.2 Å². The SMILES string of the molecule is CCc1ccc(NC(=O)c2ccc(Cl)c(S(=O)(=O)N3CCOCC3)c2)cc1. The number of carbonyl (C=O) groups excluding carboxylic acids is 1. The van der Waals surface area contributed by atoms with E-state index in [0.29, 0.717) is 18.9 Å². The second-order valence-corrected chi connectivity index (χ2v) is 8.48. The summed E-state index contributed by atoms with van der Waals surface area (Å²) in [6.07, 6.45) is 0.911. The van der Waals surface area contributed by atoms with Crippen molar-refractivity contribution in [1.29, 1.82) is 0 Å². The summed E-state index contributed by atoms with van der Waals surface area (Å²) in [7, 11) is -3.79. The minimum atomic E-state index is -3.79. The van der Waals surface area contributed by atoms with Crippen molar-refractivity contribution in [2.75, 3.05) is 31.6 Å². The summed E-state index contributed by atoms with van der Waals surface area (Å²) >= 11 is 6.13. The number of halogens is 1. The third kappa shape index (κ3) is 4.50. The zero-order chi connectivity index (χ0) is 19.4. The van der Waals surface area contributed by atoms with Crippen LogP contribution < -0.4 is 5.32 Å². The molecule has 2 aromatic rings. The maximum Gasteiger partial charge on any atom is 0.255 e. The Morgan fingerprint density at radius 2 is 1.81 bits per heavy atom. The molecule has 1 aliphatic heterocycles. The van der Waals surface area contributed by atoms with E-state index in [1.165, 1.54) is 28.1 Å². The average Bonchev–Trinajstić information content (AvgIpc) is 2.69. The monoisotopic (exact) mass is 408 g/mol. The van der Waals surface area contributed by atoms with Gasteiger partial charge in [-0.15, -0.1) is 0 Å². The van der Waals surface area contributed by atoms with Crippen molar-refractivity contribution in [3.8, 4) is 0 Å². The zero-order valence-corrected chi connectivity index (χ0v) is 16.5. The number of sulfonamides is 1. The quantitative estimate of drug-likeness (QED) is 0.824. The minimum Gasteiger partial charge on any atom is -0.379 e. The van der Waals surface area contributed by atoms with Crippen molar-refractivity contribution in [2.24, 2.45) is 0 Å². The molecule has 1 fully saturated rings. The Balaban J connectivity index is 1.84. The van der Waals surface area contributed by atoms with E-state index in [1.54, 1.807) is 0 Å². The lowest BCUT2D eigenvalue weighted by Crippen LogP contribution is -2.40. The van der Waals surface area contributed by atoms with Crippen LogP contribution in [0.2, 0.25) is 5.02 Å². The van der Waals surface area contributed by atoms with Crippen LogP contribution in [0.25, 0.3) is 0 Å².